The number of phenols is 2. The SMILES string of the molecule is C=CCN(C)C(=O)c1c(CCCCC)cc(O)c(C2C=C(C)CCC2C(=C)C)c1O. The van der Waals surface area contributed by atoms with Crippen molar-refractivity contribution in [3.63, 3.8) is 0 Å². The van der Waals surface area contributed by atoms with Crippen LogP contribution in [0.5, 0.6) is 11.5 Å². The maximum Gasteiger partial charge on any atom is 0.257 e. The van der Waals surface area contributed by atoms with E-state index in [0.29, 0.717) is 29.7 Å². The molecule has 0 aromatic heterocycles. The first-order chi connectivity index (χ1) is 14.2. The summed E-state index contributed by atoms with van der Waals surface area (Å²) in [7, 11) is 1.70. The Balaban J connectivity index is 2.65. The van der Waals surface area contributed by atoms with Gasteiger partial charge in [0.15, 0.2) is 0 Å². The van der Waals surface area contributed by atoms with Gasteiger partial charge in [-0.25, -0.2) is 0 Å². The van der Waals surface area contributed by atoms with Gasteiger partial charge in [0.05, 0.1) is 5.56 Å². The highest BCUT2D eigenvalue weighted by molar-refractivity contribution is 5.99. The number of carbonyl (C=O) groups is 1. The molecule has 4 nitrogen and oxygen atoms in total. The second-order valence-electron chi connectivity index (χ2n) is 8.65. The molecular formula is C26H37NO3. The van der Waals surface area contributed by atoms with Crippen LogP contribution in [0.1, 0.15) is 80.3 Å². The standard InChI is InChI=1S/C26H37NO3/c1-7-9-10-11-19-16-22(28)24(21-15-18(5)12-13-20(21)17(3)4)25(29)23(19)26(30)27(6)14-8-2/h8,15-16,20-21,28-29H,2-3,7,9-14H2,1,4-6H3. The third kappa shape index (κ3) is 5.16. The minimum Gasteiger partial charge on any atom is -0.507 e. The number of phenolic OH excluding ortho intramolecular Hbond substituents is 2. The summed E-state index contributed by atoms with van der Waals surface area (Å²) in [6, 6.07) is 1.69. The van der Waals surface area contributed by atoms with Gasteiger partial charge in [0.25, 0.3) is 5.91 Å². The van der Waals surface area contributed by atoms with Crippen molar-refractivity contribution in [1.82, 2.24) is 4.90 Å². The number of aromatic hydroxyl groups is 2. The Hall–Kier alpha value is -2.49. The van der Waals surface area contributed by atoms with Crippen LogP contribution in [0, 0.1) is 5.92 Å². The number of unbranched alkanes of at least 4 members (excludes halogenated alkanes) is 2. The second-order valence-corrected chi connectivity index (χ2v) is 8.65. The highest BCUT2D eigenvalue weighted by Gasteiger charge is 2.33. The molecule has 1 aliphatic rings. The lowest BCUT2D eigenvalue weighted by Gasteiger charge is -2.32. The third-order valence-electron chi connectivity index (χ3n) is 6.13. The van der Waals surface area contributed by atoms with Crippen molar-refractivity contribution in [3.05, 3.63) is 59.2 Å². The van der Waals surface area contributed by atoms with Crippen molar-refractivity contribution < 1.29 is 15.0 Å². The Morgan fingerprint density at radius 1 is 1.33 bits per heavy atom. The van der Waals surface area contributed by atoms with E-state index in [4.69, 9.17) is 0 Å². The summed E-state index contributed by atoms with van der Waals surface area (Å²) in [6.45, 7) is 14.4. The van der Waals surface area contributed by atoms with E-state index in [9.17, 15) is 15.0 Å². The highest BCUT2D eigenvalue weighted by atomic mass is 16.3. The molecule has 4 heteroatoms. The molecule has 0 saturated heterocycles. The van der Waals surface area contributed by atoms with Crippen molar-refractivity contribution in [2.75, 3.05) is 13.6 Å². The average molecular weight is 412 g/mol. The summed E-state index contributed by atoms with van der Waals surface area (Å²) >= 11 is 0. The molecule has 1 aliphatic carbocycles. The molecule has 1 aromatic carbocycles. The van der Waals surface area contributed by atoms with Gasteiger partial charge in [-0.05, 0) is 57.1 Å². The molecule has 0 bridgehead atoms. The van der Waals surface area contributed by atoms with Crippen molar-refractivity contribution in [2.24, 2.45) is 5.92 Å². The third-order valence-corrected chi connectivity index (χ3v) is 6.13. The number of aryl methyl sites for hydroxylation is 1. The van der Waals surface area contributed by atoms with Crippen LogP contribution in [0.15, 0.2) is 42.5 Å². The molecule has 2 unspecified atom stereocenters. The van der Waals surface area contributed by atoms with Crippen LogP contribution in [-0.4, -0.2) is 34.6 Å². The number of benzene rings is 1. The van der Waals surface area contributed by atoms with E-state index in [0.717, 1.165) is 37.7 Å². The van der Waals surface area contributed by atoms with E-state index in [1.807, 2.05) is 6.92 Å². The Morgan fingerprint density at radius 2 is 2.03 bits per heavy atom. The molecule has 1 amide bonds. The zero-order valence-corrected chi connectivity index (χ0v) is 19.0. The van der Waals surface area contributed by atoms with Crippen LogP contribution in [0.4, 0.5) is 0 Å². The zero-order chi connectivity index (χ0) is 22.4. The summed E-state index contributed by atoms with van der Waals surface area (Å²) in [5, 5.41) is 22.3. The minimum absolute atomic E-state index is 0.0594. The lowest BCUT2D eigenvalue weighted by Crippen LogP contribution is -2.28. The van der Waals surface area contributed by atoms with Crippen LogP contribution in [-0.2, 0) is 6.42 Å². The average Bonchev–Trinajstić information content (AvgIpc) is 2.67. The van der Waals surface area contributed by atoms with Crippen LogP contribution >= 0.6 is 0 Å². The van der Waals surface area contributed by atoms with E-state index in [1.54, 1.807) is 24.1 Å². The number of hydrogen-bond acceptors (Lipinski definition) is 3. The van der Waals surface area contributed by atoms with Gasteiger partial charge in [-0.2, -0.15) is 0 Å². The van der Waals surface area contributed by atoms with Crippen molar-refractivity contribution in [3.8, 4) is 11.5 Å². The first-order valence-corrected chi connectivity index (χ1v) is 11.0. The van der Waals surface area contributed by atoms with Crippen LogP contribution in [0.2, 0.25) is 0 Å². The van der Waals surface area contributed by atoms with Gasteiger partial charge in [0.1, 0.15) is 11.5 Å². The minimum atomic E-state index is -0.247. The van der Waals surface area contributed by atoms with Gasteiger partial charge in [-0.15, -0.1) is 6.58 Å². The summed E-state index contributed by atoms with van der Waals surface area (Å²) < 4.78 is 0. The van der Waals surface area contributed by atoms with Gasteiger partial charge in [-0.3, -0.25) is 4.79 Å². The Bertz CT molecular complexity index is 837. The van der Waals surface area contributed by atoms with Gasteiger partial charge in [0, 0.05) is 25.1 Å². The predicted molar refractivity (Wildman–Crippen MR) is 124 cm³/mol. The number of carbonyl (C=O) groups excluding carboxylic acids is 1. The summed E-state index contributed by atoms with van der Waals surface area (Å²) in [4.78, 5) is 14.8. The van der Waals surface area contributed by atoms with E-state index >= 15 is 0 Å². The van der Waals surface area contributed by atoms with Crippen molar-refractivity contribution in [2.45, 2.75) is 65.2 Å². The van der Waals surface area contributed by atoms with Gasteiger partial charge in [-0.1, -0.05) is 49.6 Å². The fourth-order valence-corrected chi connectivity index (χ4v) is 4.43. The maximum absolute atomic E-state index is 13.2. The molecule has 0 spiro atoms. The number of allylic oxidation sites excluding steroid dienone is 3. The van der Waals surface area contributed by atoms with Crippen LogP contribution < -0.4 is 0 Å². The molecular weight excluding hydrogens is 374 g/mol. The van der Waals surface area contributed by atoms with E-state index < -0.39 is 0 Å². The van der Waals surface area contributed by atoms with Crippen molar-refractivity contribution in [1.29, 1.82) is 0 Å². The van der Waals surface area contributed by atoms with Gasteiger partial charge >= 0.3 is 0 Å². The molecule has 0 aliphatic heterocycles. The van der Waals surface area contributed by atoms with Gasteiger partial charge in [0.2, 0.25) is 0 Å². The molecule has 2 N–H and O–H groups in total. The molecule has 0 saturated carbocycles. The number of rotatable bonds is 9. The van der Waals surface area contributed by atoms with Crippen molar-refractivity contribution >= 4 is 5.91 Å². The second kappa shape index (κ2) is 10.5. The first kappa shape index (κ1) is 23.8. The number of likely N-dealkylation sites (N-methyl/N-ethyl adjacent to an activating group) is 1. The molecule has 0 heterocycles. The lowest BCUT2D eigenvalue weighted by atomic mass is 9.73. The zero-order valence-electron chi connectivity index (χ0n) is 19.0. The molecule has 164 valence electrons. The molecule has 2 rings (SSSR count). The van der Waals surface area contributed by atoms with E-state index in [2.05, 4.69) is 33.1 Å². The highest BCUT2D eigenvalue weighted by Crippen LogP contribution is 2.48. The molecule has 30 heavy (non-hydrogen) atoms. The van der Waals surface area contributed by atoms with E-state index in [-0.39, 0.29) is 29.2 Å². The molecule has 2 atom stereocenters. The smallest absolute Gasteiger partial charge is 0.257 e. The Morgan fingerprint density at radius 3 is 2.63 bits per heavy atom. The number of hydrogen-bond donors (Lipinski definition) is 2. The molecule has 0 fully saturated rings. The largest absolute Gasteiger partial charge is 0.507 e. The monoisotopic (exact) mass is 411 g/mol. The molecule has 1 aromatic rings. The summed E-state index contributed by atoms with van der Waals surface area (Å²) in [5.74, 6) is -0.361. The fourth-order valence-electron chi connectivity index (χ4n) is 4.43. The fraction of sp³-hybridized carbons (Fsp3) is 0.500. The number of amides is 1. The van der Waals surface area contributed by atoms with Crippen LogP contribution in [0.3, 0.4) is 0 Å². The maximum atomic E-state index is 13.2. The molecule has 0 radical (unpaired) electrons. The normalized spacial score (nSPS) is 18.6. The van der Waals surface area contributed by atoms with Gasteiger partial charge < -0.3 is 15.1 Å². The van der Waals surface area contributed by atoms with E-state index in [1.165, 1.54) is 5.57 Å². The Labute approximate surface area is 181 Å². The summed E-state index contributed by atoms with van der Waals surface area (Å²) in [6.07, 6.45) is 9.29. The topological polar surface area (TPSA) is 60.8 Å². The van der Waals surface area contributed by atoms with Crippen LogP contribution in [0.25, 0.3) is 0 Å². The Kier molecular flexibility index (Phi) is 8.33. The summed E-state index contributed by atoms with van der Waals surface area (Å²) in [5.41, 5.74) is 3.69. The quantitative estimate of drug-likeness (QED) is 0.381. The predicted octanol–water partition coefficient (Wildman–Crippen LogP) is 6.10. The lowest BCUT2D eigenvalue weighted by molar-refractivity contribution is 0.0805. The first-order valence-electron chi connectivity index (χ1n) is 11.0. The number of nitrogens with zero attached hydrogens (tertiary/aromatic N) is 1.